The van der Waals surface area contributed by atoms with E-state index in [2.05, 4.69) is 22.1 Å². The molecule has 9 heteroatoms. The molecule has 0 aliphatic heterocycles. The van der Waals surface area contributed by atoms with Gasteiger partial charge in [-0.2, -0.15) is 0 Å². The summed E-state index contributed by atoms with van der Waals surface area (Å²) in [6, 6.07) is 14.1. The van der Waals surface area contributed by atoms with Crippen molar-refractivity contribution >= 4 is 29.3 Å². The Bertz CT molecular complexity index is 1130. The molecule has 1 N–H and O–H groups in total. The highest BCUT2D eigenvalue weighted by atomic mass is 32.2. The minimum atomic E-state index is -0.397. The zero-order chi connectivity index (χ0) is 23.8. The lowest BCUT2D eigenvalue weighted by molar-refractivity contribution is -0.113. The lowest BCUT2D eigenvalue weighted by atomic mass is 10.2. The quantitative estimate of drug-likeness (QED) is 0.268. The van der Waals surface area contributed by atoms with Crippen LogP contribution in [0.5, 0.6) is 5.75 Å². The molecule has 3 rings (SSSR count). The first-order valence-corrected chi connectivity index (χ1v) is 11.3. The predicted molar refractivity (Wildman–Crippen MR) is 129 cm³/mol. The van der Waals surface area contributed by atoms with Crippen LogP contribution < -0.4 is 10.1 Å². The van der Waals surface area contributed by atoms with Gasteiger partial charge in [0.2, 0.25) is 5.91 Å². The van der Waals surface area contributed by atoms with Crippen LogP contribution in [0, 0.1) is 0 Å². The molecule has 0 unspecified atom stereocenters. The number of carbonyl (C=O) groups is 2. The van der Waals surface area contributed by atoms with Crippen molar-refractivity contribution in [1.29, 1.82) is 0 Å². The van der Waals surface area contributed by atoms with Gasteiger partial charge in [0.05, 0.1) is 30.1 Å². The van der Waals surface area contributed by atoms with Crippen molar-refractivity contribution in [2.75, 3.05) is 18.2 Å². The van der Waals surface area contributed by atoms with Crippen LogP contribution >= 0.6 is 11.8 Å². The first-order chi connectivity index (χ1) is 15.9. The minimum absolute atomic E-state index is 0.137. The summed E-state index contributed by atoms with van der Waals surface area (Å²) in [6.45, 7) is 7.88. The molecule has 0 spiro atoms. The Kier molecular flexibility index (Phi) is 8.26. The number of rotatable bonds is 10. The molecule has 0 atom stereocenters. The SMILES string of the molecule is C=CCn1c(SCC(=O)Nc2ccc(C(=O)OC(C)C)cc2)nnc1-c1ccccc1OC. The number of nitrogens with one attached hydrogen (secondary N) is 1. The molecule has 0 bridgehead atoms. The third-order valence-corrected chi connectivity index (χ3v) is 5.42. The fourth-order valence-corrected chi connectivity index (χ4v) is 3.76. The van der Waals surface area contributed by atoms with E-state index in [0.717, 1.165) is 5.56 Å². The van der Waals surface area contributed by atoms with Crippen LogP contribution in [-0.2, 0) is 16.1 Å². The summed E-state index contributed by atoms with van der Waals surface area (Å²) >= 11 is 1.27. The molecule has 1 heterocycles. The van der Waals surface area contributed by atoms with E-state index in [0.29, 0.717) is 34.5 Å². The molecule has 2 aromatic carbocycles. The number of thioether (sulfide) groups is 1. The van der Waals surface area contributed by atoms with Crippen LogP contribution in [0.2, 0.25) is 0 Å². The van der Waals surface area contributed by atoms with Crippen LogP contribution in [0.15, 0.2) is 66.3 Å². The van der Waals surface area contributed by atoms with Crippen molar-refractivity contribution in [2.24, 2.45) is 0 Å². The molecule has 3 aromatic rings. The van der Waals surface area contributed by atoms with Gasteiger partial charge in [0.1, 0.15) is 5.75 Å². The molecule has 0 radical (unpaired) electrons. The highest BCUT2D eigenvalue weighted by molar-refractivity contribution is 7.99. The van der Waals surface area contributed by atoms with Crippen molar-refractivity contribution in [3.8, 4) is 17.1 Å². The Balaban J connectivity index is 1.66. The average Bonchev–Trinajstić information content (AvgIpc) is 3.20. The van der Waals surface area contributed by atoms with E-state index >= 15 is 0 Å². The van der Waals surface area contributed by atoms with E-state index in [1.807, 2.05) is 28.8 Å². The fourth-order valence-electron chi connectivity index (χ4n) is 3.02. The standard InChI is InChI=1S/C24H26N4O4S/c1-5-14-28-22(19-8-6-7-9-20(19)31-4)26-27-24(28)33-15-21(29)25-18-12-10-17(11-13-18)23(30)32-16(2)3/h5-13,16H,1,14-15H2,2-4H3,(H,25,29). The van der Waals surface area contributed by atoms with E-state index in [1.165, 1.54) is 11.8 Å². The number of anilines is 1. The van der Waals surface area contributed by atoms with Gasteiger partial charge in [0, 0.05) is 12.2 Å². The number of aromatic nitrogens is 3. The van der Waals surface area contributed by atoms with Crippen LogP contribution in [-0.4, -0.2) is 45.6 Å². The number of para-hydroxylation sites is 1. The summed E-state index contributed by atoms with van der Waals surface area (Å²) in [4.78, 5) is 24.4. The summed E-state index contributed by atoms with van der Waals surface area (Å²) in [6.07, 6.45) is 1.55. The first kappa shape index (κ1) is 24.1. The van der Waals surface area contributed by atoms with E-state index in [9.17, 15) is 9.59 Å². The molecule has 0 aliphatic carbocycles. The van der Waals surface area contributed by atoms with Gasteiger partial charge in [0.15, 0.2) is 11.0 Å². The number of ether oxygens (including phenoxy) is 2. The number of nitrogens with zero attached hydrogens (tertiary/aromatic N) is 3. The van der Waals surface area contributed by atoms with Crippen molar-refractivity contribution < 1.29 is 19.1 Å². The van der Waals surface area contributed by atoms with Gasteiger partial charge >= 0.3 is 5.97 Å². The number of esters is 1. The molecule has 1 amide bonds. The number of methoxy groups -OCH3 is 1. The molecule has 0 saturated heterocycles. The molecular formula is C24H26N4O4S. The van der Waals surface area contributed by atoms with E-state index in [-0.39, 0.29) is 17.8 Å². The molecule has 33 heavy (non-hydrogen) atoms. The summed E-state index contributed by atoms with van der Waals surface area (Å²) in [5.74, 6) is 0.859. The van der Waals surface area contributed by atoms with Crippen molar-refractivity contribution in [2.45, 2.75) is 31.7 Å². The van der Waals surface area contributed by atoms with Gasteiger partial charge in [-0.05, 0) is 50.2 Å². The Morgan fingerprint density at radius 3 is 2.55 bits per heavy atom. The summed E-state index contributed by atoms with van der Waals surface area (Å²) < 4.78 is 12.5. The average molecular weight is 467 g/mol. The fraction of sp³-hybridized carbons (Fsp3) is 0.250. The van der Waals surface area contributed by atoms with Crippen LogP contribution in [0.1, 0.15) is 24.2 Å². The van der Waals surface area contributed by atoms with Gasteiger partial charge in [0.25, 0.3) is 0 Å². The maximum Gasteiger partial charge on any atom is 0.338 e. The lowest BCUT2D eigenvalue weighted by Crippen LogP contribution is -2.15. The molecule has 1 aromatic heterocycles. The number of allylic oxidation sites excluding steroid dienone is 1. The molecule has 8 nitrogen and oxygen atoms in total. The highest BCUT2D eigenvalue weighted by Crippen LogP contribution is 2.31. The third kappa shape index (κ3) is 6.23. The van der Waals surface area contributed by atoms with Crippen LogP contribution in [0.25, 0.3) is 11.4 Å². The second kappa shape index (κ2) is 11.3. The van der Waals surface area contributed by atoms with Crippen molar-refractivity contribution in [3.63, 3.8) is 0 Å². The lowest BCUT2D eigenvalue weighted by Gasteiger charge is -2.11. The topological polar surface area (TPSA) is 95.3 Å². The Labute approximate surface area is 197 Å². The third-order valence-electron chi connectivity index (χ3n) is 4.46. The predicted octanol–water partition coefficient (Wildman–Crippen LogP) is 4.44. The summed E-state index contributed by atoms with van der Waals surface area (Å²) in [7, 11) is 1.60. The second-order valence-electron chi connectivity index (χ2n) is 7.27. The Morgan fingerprint density at radius 1 is 1.15 bits per heavy atom. The molecule has 0 aliphatic rings. The van der Waals surface area contributed by atoms with E-state index < -0.39 is 5.97 Å². The van der Waals surface area contributed by atoms with E-state index in [1.54, 1.807) is 51.3 Å². The van der Waals surface area contributed by atoms with Gasteiger partial charge in [-0.3, -0.25) is 9.36 Å². The Morgan fingerprint density at radius 2 is 1.88 bits per heavy atom. The largest absolute Gasteiger partial charge is 0.496 e. The number of carbonyl (C=O) groups excluding carboxylic acids is 2. The van der Waals surface area contributed by atoms with Crippen LogP contribution in [0.3, 0.4) is 0 Å². The zero-order valence-corrected chi connectivity index (χ0v) is 19.6. The van der Waals surface area contributed by atoms with E-state index in [4.69, 9.17) is 9.47 Å². The maximum atomic E-state index is 12.5. The molecule has 172 valence electrons. The van der Waals surface area contributed by atoms with Crippen molar-refractivity contribution in [1.82, 2.24) is 14.8 Å². The number of benzene rings is 2. The first-order valence-electron chi connectivity index (χ1n) is 10.3. The minimum Gasteiger partial charge on any atom is -0.496 e. The van der Waals surface area contributed by atoms with Gasteiger partial charge in [-0.1, -0.05) is 30.0 Å². The Hall–Kier alpha value is -3.59. The van der Waals surface area contributed by atoms with Crippen molar-refractivity contribution in [3.05, 3.63) is 66.7 Å². The monoisotopic (exact) mass is 466 g/mol. The number of amides is 1. The smallest absolute Gasteiger partial charge is 0.338 e. The second-order valence-corrected chi connectivity index (χ2v) is 8.22. The molecular weight excluding hydrogens is 440 g/mol. The number of hydrogen-bond acceptors (Lipinski definition) is 7. The molecule has 0 fully saturated rings. The molecule has 0 saturated carbocycles. The van der Waals surface area contributed by atoms with Gasteiger partial charge in [-0.25, -0.2) is 4.79 Å². The maximum absolute atomic E-state index is 12.5. The van der Waals surface area contributed by atoms with Crippen LogP contribution in [0.4, 0.5) is 5.69 Å². The summed E-state index contributed by atoms with van der Waals surface area (Å²) in [5.41, 5.74) is 1.82. The summed E-state index contributed by atoms with van der Waals surface area (Å²) in [5, 5.41) is 12.0. The van der Waals surface area contributed by atoms with Gasteiger partial charge < -0.3 is 14.8 Å². The zero-order valence-electron chi connectivity index (χ0n) is 18.8. The normalized spacial score (nSPS) is 10.7. The highest BCUT2D eigenvalue weighted by Gasteiger charge is 2.18. The van der Waals surface area contributed by atoms with Gasteiger partial charge in [-0.15, -0.1) is 16.8 Å². The number of hydrogen-bond donors (Lipinski definition) is 1.